The molecule has 1 N–H and O–H groups in total. The van der Waals surface area contributed by atoms with Crippen LogP contribution in [0.4, 0.5) is 0 Å². The molecule has 20 heavy (non-hydrogen) atoms. The van der Waals surface area contributed by atoms with Gasteiger partial charge in [-0.05, 0) is 31.6 Å². The standard InChI is InChI=1S/C15H21N3O2/c1-14(2)10-11(14)13(20)18(12(10)19)7-6-15(3,8-16)17-9-4-5-9/h9-11,17H,4-7H2,1-3H3. The van der Waals surface area contributed by atoms with E-state index in [0.717, 1.165) is 12.8 Å². The van der Waals surface area contributed by atoms with Gasteiger partial charge in [0.1, 0.15) is 5.54 Å². The summed E-state index contributed by atoms with van der Waals surface area (Å²) in [5.74, 6) is -0.340. The summed E-state index contributed by atoms with van der Waals surface area (Å²) < 4.78 is 0. The fourth-order valence-electron chi connectivity index (χ4n) is 3.40. The second-order valence-corrected chi connectivity index (χ2v) is 7.22. The van der Waals surface area contributed by atoms with Gasteiger partial charge in [0, 0.05) is 12.6 Å². The van der Waals surface area contributed by atoms with E-state index in [1.54, 1.807) is 0 Å². The average Bonchev–Trinajstić information content (AvgIpc) is 3.24. The highest BCUT2D eigenvalue weighted by atomic mass is 16.2. The number of carbonyl (C=O) groups is 2. The van der Waals surface area contributed by atoms with Crippen molar-refractivity contribution in [1.82, 2.24) is 10.2 Å². The molecule has 5 nitrogen and oxygen atoms in total. The Morgan fingerprint density at radius 3 is 2.35 bits per heavy atom. The minimum atomic E-state index is -0.649. The molecule has 3 fully saturated rings. The molecule has 2 amide bonds. The summed E-state index contributed by atoms with van der Waals surface area (Å²) in [5, 5.41) is 12.6. The van der Waals surface area contributed by atoms with Gasteiger partial charge in [-0.15, -0.1) is 0 Å². The highest BCUT2D eigenvalue weighted by molar-refractivity contribution is 6.10. The molecule has 1 saturated heterocycles. The van der Waals surface area contributed by atoms with E-state index in [0.29, 0.717) is 19.0 Å². The summed E-state index contributed by atoms with van der Waals surface area (Å²) >= 11 is 0. The van der Waals surface area contributed by atoms with E-state index < -0.39 is 5.54 Å². The van der Waals surface area contributed by atoms with Crippen molar-refractivity contribution in [2.45, 2.75) is 51.6 Å². The number of piperidine rings is 1. The summed E-state index contributed by atoms with van der Waals surface area (Å²) in [6, 6.07) is 2.71. The van der Waals surface area contributed by atoms with Crippen LogP contribution < -0.4 is 5.32 Å². The summed E-state index contributed by atoms with van der Waals surface area (Å²) in [6.45, 7) is 6.15. The van der Waals surface area contributed by atoms with Crippen LogP contribution in [0.25, 0.3) is 0 Å². The number of imide groups is 1. The van der Waals surface area contributed by atoms with Crippen molar-refractivity contribution >= 4 is 11.8 Å². The molecular formula is C15H21N3O2. The first-order valence-corrected chi connectivity index (χ1v) is 7.34. The Labute approximate surface area is 119 Å². The van der Waals surface area contributed by atoms with Crippen LogP contribution in [0.1, 0.15) is 40.0 Å². The van der Waals surface area contributed by atoms with Crippen molar-refractivity contribution in [1.29, 1.82) is 5.26 Å². The molecule has 0 aromatic heterocycles. The van der Waals surface area contributed by atoms with E-state index in [-0.39, 0.29) is 29.1 Å². The number of carbonyl (C=O) groups excluding carboxylic acids is 2. The van der Waals surface area contributed by atoms with Crippen molar-refractivity contribution in [2.75, 3.05) is 6.54 Å². The molecule has 0 spiro atoms. The van der Waals surface area contributed by atoms with Crippen molar-refractivity contribution in [3.63, 3.8) is 0 Å². The van der Waals surface area contributed by atoms with E-state index in [1.807, 2.05) is 20.8 Å². The lowest BCUT2D eigenvalue weighted by molar-refractivity contribution is -0.143. The van der Waals surface area contributed by atoms with Gasteiger partial charge in [-0.1, -0.05) is 13.8 Å². The number of likely N-dealkylation sites (tertiary alicyclic amines) is 1. The van der Waals surface area contributed by atoms with Gasteiger partial charge in [0.15, 0.2) is 0 Å². The molecule has 3 aliphatic rings. The fraction of sp³-hybridized carbons (Fsp3) is 0.800. The number of fused-ring (bicyclic) bond motifs is 1. The second kappa shape index (κ2) is 4.05. The molecule has 108 valence electrons. The van der Waals surface area contributed by atoms with Crippen LogP contribution >= 0.6 is 0 Å². The number of nitrogens with one attached hydrogen (secondary N) is 1. The van der Waals surface area contributed by atoms with Crippen LogP contribution in [0.2, 0.25) is 0 Å². The highest BCUT2D eigenvalue weighted by Gasteiger charge is 2.72. The van der Waals surface area contributed by atoms with E-state index in [9.17, 15) is 14.9 Å². The zero-order valence-corrected chi connectivity index (χ0v) is 12.3. The summed E-state index contributed by atoms with van der Waals surface area (Å²) in [5.41, 5.74) is -0.806. The largest absolute Gasteiger partial charge is 0.297 e. The van der Waals surface area contributed by atoms with Crippen molar-refractivity contribution in [3.8, 4) is 6.07 Å². The normalized spacial score (nSPS) is 33.6. The predicted molar refractivity (Wildman–Crippen MR) is 72.3 cm³/mol. The Morgan fingerprint density at radius 2 is 1.90 bits per heavy atom. The molecule has 0 radical (unpaired) electrons. The van der Waals surface area contributed by atoms with Gasteiger partial charge in [0.2, 0.25) is 11.8 Å². The molecule has 0 bridgehead atoms. The SMILES string of the molecule is CC(C#N)(CCN1C(=O)C2C(C1=O)C2(C)C)NC1CC1. The van der Waals surface area contributed by atoms with Gasteiger partial charge in [-0.3, -0.25) is 19.8 Å². The maximum atomic E-state index is 12.2. The lowest BCUT2D eigenvalue weighted by Crippen LogP contribution is -2.46. The second-order valence-electron chi connectivity index (χ2n) is 7.22. The molecule has 1 aliphatic heterocycles. The molecule has 3 atom stereocenters. The number of rotatable bonds is 5. The monoisotopic (exact) mass is 275 g/mol. The Morgan fingerprint density at radius 1 is 1.35 bits per heavy atom. The van der Waals surface area contributed by atoms with Crippen LogP contribution in [0.3, 0.4) is 0 Å². The third-order valence-electron chi connectivity index (χ3n) is 5.07. The number of nitrogens with zero attached hydrogens (tertiary/aromatic N) is 2. The molecule has 2 aliphatic carbocycles. The number of hydrogen-bond acceptors (Lipinski definition) is 4. The van der Waals surface area contributed by atoms with Gasteiger partial charge in [0.05, 0.1) is 17.9 Å². The number of nitriles is 1. The van der Waals surface area contributed by atoms with Crippen molar-refractivity contribution in [3.05, 3.63) is 0 Å². The zero-order chi connectivity index (χ0) is 14.7. The average molecular weight is 275 g/mol. The Hall–Kier alpha value is -1.41. The van der Waals surface area contributed by atoms with E-state index in [4.69, 9.17) is 0 Å². The summed E-state index contributed by atoms with van der Waals surface area (Å²) in [7, 11) is 0. The van der Waals surface area contributed by atoms with Crippen LogP contribution in [-0.2, 0) is 9.59 Å². The third kappa shape index (κ3) is 1.94. The van der Waals surface area contributed by atoms with Gasteiger partial charge in [-0.2, -0.15) is 5.26 Å². The lowest BCUT2D eigenvalue weighted by atomic mass is 9.98. The molecule has 3 unspecified atom stereocenters. The van der Waals surface area contributed by atoms with Gasteiger partial charge in [-0.25, -0.2) is 0 Å². The summed E-state index contributed by atoms with van der Waals surface area (Å²) in [6.07, 6.45) is 2.71. The van der Waals surface area contributed by atoms with Crippen LogP contribution in [0.5, 0.6) is 0 Å². The fourth-order valence-corrected chi connectivity index (χ4v) is 3.40. The first-order valence-electron chi connectivity index (χ1n) is 7.34. The molecular weight excluding hydrogens is 254 g/mol. The summed E-state index contributed by atoms with van der Waals surface area (Å²) in [4.78, 5) is 25.8. The van der Waals surface area contributed by atoms with Gasteiger partial charge >= 0.3 is 0 Å². The first kappa shape index (κ1) is 13.6. The van der Waals surface area contributed by atoms with E-state index in [1.165, 1.54) is 4.90 Å². The molecule has 0 aromatic rings. The minimum absolute atomic E-state index is 0.0447. The topological polar surface area (TPSA) is 73.2 Å². The minimum Gasteiger partial charge on any atom is -0.297 e. The highest BCUT2D eigenvalue weighted by Crippen LogP contribution is 2.63. The molecule has 3 rings (SSSR count). The Bertz CT molecular complexity index is 494. The zero-order valence-electron chi connectivity index (χ0n) is 12.3. The van der Waals surface area contributed by atoms with E-state index in [2.05, 4.69) is 11.4 Å². The van der Waals surface area contributed by atoms with Crippen LogP contribution in [-0.4, -0.2) is 34.8 Å². The third-order valence-corrected chi connectivity index (χ3v) is 5.07. The number of amides is 2. The van der Waals surface area contributed by atoms with Gasteiger partial charge < -0.3 is 0 Å². The van der Waals surface area contributed by atoms with Crippen LogP contribution in [0.15, 0.2) is 0 Å². The molecule has 2 saturated carbocycles. The first-order chi connectivity index (χ1) is 9.30. The van der Waals surface area contributed by atoms with Crippen molar-refractivity contribution in [2.24, 2.45) is 17.3 Å². The maximum absolute atomic E-state index is 12.2. The predicted octanol–water partition coefficient (Wildman–Crippen LogP) is 1.05. The van der Waals surface area contributed by atoms with E-state index >= 15 is 0 Å². The Balaban J connectivity index is 1.61. The van der Waals surface area contributed by atoms with Crippen LogP contribution in [0, 0.1) is 28.6 Å². The molecule has 5 heteroatoms. The lowest BCUT2D eigenvalue weighted by Gasteiger charge is -2.27. The van der Waals surface area contributed by atoms with Gasteiger partial charge in [0.25, 0.3) is 0 Å². The number of hydrogen-bond donors (Lipinski definition) is 1. The Kier molecular flexibility index (Phi) is 2.74. The molecule has 0 aromatic carbocycles. The molecule has 1 heterocycles. The smallest absolute Gasteiger partial charge is 0.233 e. The van der Waals surface area contributed by atoms with Crippen molar-refractivity contribution < 1.29 is 9.59 Å². The maximum Gasteiger partial charge on any atom is 0.233 e. The quantitative estimate of drug-likeness (QED) is 0.761.